The van der Waals surface area contributed by atoms with Crippen LogP contribution in [0.3, 0.4) is 0 Å². The van der Waals surface area contributed by atoms with E-state index in [1.54, 1.807) is 6.07 Å². The number of nitrogen functional groups attached to an aromatic ring is 1. The standard InChI is InChI=1S/C10H9N3O5/c1-17-6-3-5(4-11)9(13(15)16)8(12)7(6)10(14)18-2/h3H,12H2,1-2H3. The van der Waals surface area contributed by atoms with Gasteiger partial charge < -0.3 is 15.2 Å². The molecule has 0 bridgehead atoms. The molecule has 0 aliphatic carbocycles. The van der Waals surface area contributed by atoms with Gasteiger partial charge >= 0.3 is 11.7 Å². The molecule has 0 unspecified atom stereocenters. The number of nitrogens with zero attached hydrogens (tertiary/aromatic N) is 2. The van der Waals surface area contributed by atoms with Gasteiger partial charge in [0, 0.05) is 6.07 Å². The largest absolute Gasteiger partial charge is 0.496 e. The van der Waals surface area contributed by atoms with E-state index in [1.807, 2.05) is 0 Å². The highest BCUT2D eigenvalue weighted by molar-refractivity contribution is 6.01. The summed E-state index contributed by atoms with van der Waals surface area (Å²) in [6.07, 6.45) is 0. The minimum atomic E-state index is -0.878. The molecule has 8 nitrogen and oxygen atoms in total. The zero-order valence-corrected chi connectivity index (χ0v) is 9.59. The van der Waals surface area contributed by atoms with Crippen LogP contribution in [0.1, 0.15) is 15.9 Å². The van der Waals surface area contributed by atoms with Crippen LogP contribution in [-0.2, 0) is 4.74 Å². The van der Waals surface area contributed by atoms with Crippen LogP contribution in [0.15, 0.2) is 6.07 Å². The van der Waals surface area contributed by atoms with Crippen LogP contribution >= 0.6 is 0 Å². The molecule has 1 aromatic rings. The first-order chi connectivity index (χ1) is 8.47. The highest BCUT2D eigenvalue weighted by Crippen LogP contribution is 2.36. The molecule has 0 saturated heterocycles. The van der Waals surface area contributed by atoms with E-state index in [9.17, 15) is 14.9 Å². The normalized spacial score (nSPS) is 9.39. The molecule has 1 rings (SSSR count). The smallest absolute Gasteiger partial charge is 0.344 e. The second-order valence-electron chi connectivity index (χ2n) is 3.12. The lowest BCUT2D eigenvalue weighted by Crippen LogP contribution is -2.11. The molecule has 0 aliphatic rings. The van der Waals surface area contributed by atoms with E-state index in [4.69, 9.17) is 15.7 Å². The number of methoxy groups -OCH3 is 2. The van der Waals surface area contributed by atoms with Crippen molar-refractivity contribution in [1.82, 2.24) is 0 Å². The number of esters is 1. The minimum absolute atomic E-state index is 0.0542. The number of benzene rings is 1. The summed E-state index contributed by atoms with van der Waals surface area (Å²) in [5.41, 5.74) is 3.88. The monoisotopic (exact) mass is 251 g/mol. The number of rotatable bonds is 3. The highest BCUT2D eigenvalue weighted by atomic mass is 16.6. The Labute approximate surface area is 102 Å². The molecule has 94 valence electrons. The molecule has 1 aromatic carbocycles. The summed E-state index contributed by atoms with van der Waals surface area (Å²) >= 11 is 0. The summed E-state index contributed by atoms with van der Waals surface area (Å²) in [6.45, 7) is 0. The number of hydrogen-bond acceptors (Lipinski definition) is 7. The van der Waals surface area contributed by atoms with Crippen molar-refractivity contribution >= 4 is 17.3 Å². The van der Waals surface area contributed by atoms with E-state index >= 15 is 0 Å². The lowest BCUT2D eigenvalue weighted by molar-refractivity contribution is -0.384. The van der Waals surface area contributed by atoms with E-state index in [0.29, 0.717) is 0 Å². The summed E-state index contributed by atoms with van der Waals surface area (Å²) in [7, 11) is 2.35. The summed E-state index contributed by atoms with van der Waals surface area (Å²) < 4.78 is 9.34. The Bertz CT molecular complexity index is 562. The lowest BCUT2D eigenvalue weighted by Gasteiger charge is -2.10. The van der Waals surface area contributed by atoms with Crippen molar-refractivity contribution < 1.29 is 19.2 Å². The molecule has 0 fully saturated rings. The third kappa shape index (κ3) is 2.01. The molecule has 0 amide bonds. The maximum absolute atomic E-state index is 11.5. The Morgan fingerprint density at radius 1 is 1.56 bits per heavy atom. The van der Waals surface area contributed by atoms with Crippen LogP contribution < -0.4 is 10.5 Å². The van der Waals surface area contributed by atoms with Gasteiger partial charge in [-0.05, 0) is 0 Å². The molecule has 0 aromatic heterocycles. The Morgan fingerprint density at radius 3 is 2.56 bits per heavy atom. The first-order valence-electron chi connectivity index (χ1n) is 4.61. The van der Waals surface area contributed by atoms with Crippen molar-refractivity contribution in [3.8, 4) is 11.8 Å². The van der Waals surface area contributed by atoms with Crippen molar-refractivity contribution in [3.63, 3.8) is 0 Å². The van der Waals surface area contributed by atoms with Crippen LogP contribution in [0, 0.1) is 21.4 Å². The van der Waals surface area contributed by atoms with Crippen LogP contribution in [0.5, 0.6) is 5.75 Å². The second-order valence-corrected chi connectivity index (χ2v) is 3.12. The van der Waals surface area contributed by atoms with Gasteiger partial charge in [-0.25, -0.2) is 4.79 Å². The van der Waals surface area contributed by atoms with Gasteiger partial charge in [0.15, 0.2) is 0 Å². The Balaban J connectivity index is 3.72. The number of nitro benzene ring substituents is 1. The van der Waals surface area contributed by atoms with E-state index < -0.39 is 22.3 Å². The first kappa shape index (κ1) is 13.2. The van der Waals surface area contributed by atoms with Crippen LogP contribution in [0.25, 0.3) is 0 Å². The van der Waals surface area contributed by atoms with Crippen molar-refractivity contribution in [1.29, 1.82) is 5.26 Å². The molecule has 0 spiro atoms. The molecule has 8 heteroatoms. The predicted molar refractivity (Wildman–Crippen MR) is 60.1 cm³/mol. The van der Waals surface area contributed by atoms with Crippen LogP contribution in [0.4, 0.5) is 11.4 Å². The third-order valence-corrected chi connectivity index (χ3v) is 2.21. The van der Waals surface area contributed by atoms with Crippen molar-refractivity contribution in [2.45, 2.75) is 0 Å². The number of nitro groups is 1. The molecular formula is C10H9N3O5. The maximum Gasteiger partial charge on any atom is 0.344 e. The number of nitriles is 1. The molecule has 0 radical (unpaired) electrons. The first-order valence-corrected chi connectivity index (χ1v) is 4.61. The SMILES string of the molecule is COC(=O)c1c(OC)cc(C#N)c([N+](=O)[O-])c1N. The molecule has 0 saturated carbocycles. The summed E-state index contributed by atoms with van der Waals surface area (Å²) in [6, 6.07) is 2.69. The van der Waals surface area contributed by atoms with E-state index in [0.717, 1.165) is 13.2 Å². The maximum atomic E-state index is 11.5. The number of nitrogens with two attached hydrogens (primary N) is 1. The minimum Gasteiger partial charge on any atom is -0.496 e. The third-order valence-electron chi connectivity index (χ3n) is 2.21. The number of carbonyl (C=O) groups excluding carboxylic acids is 1. The summed E-state index contributed by atoms with van der Waals surface area (Å²) in [4.78, 5) is 21.5. The molecular weight excluding hydrogens is 242 g/mol. The molecule has 0 aliphatic heterocycles. The second kappa shape index (κ2) is 5.01. The van der Waals surface area contributed by atoms with E-state index in [-0.39, 0.29) is 16.9 Å². The van der Waals surface area contributed by atoms with Crippen molar-refractivity contribution in [2.75, 3.05) is 20.0 Å². The number of hydrogen-bond donors (Lipinski definition) is 1. The van der Waals surface area contributed by atoms with Crippen molar-refractivity contribution in [3.05, 3.63) is 27.3 Å². The Hall–Kier alpha value is -2.82. The Kier molecular flexibility index (Phi) is 3.68. The zero-order chi connectivity index (χ0) is 13.9. The molecule has 0 heterocycles. The van der Waals surface area contributed by atoms with Gasteiger partial charge in [0.05, 0.1) is 19.1 Å². The molecule has 18 heavy (non-hydrogen) atoms. The van der Waals surface area contributed by atoms with Crippen LogP contribution in [0.2, 0.25) is 0 Å². The average molecular weight is 251 g/mol. The van der Waals surface area contributed by atoms with Crippen molar-refractivity contribution in [2.24, 2.45) is 0 Å². The van der Waals surface area contributed by atoms with E-state index in [1.165, 1.54) is 7.11 Å². The number of carbonyl (C=O) groups is 1. The molecule has 0 atom stereocenters. The number of anilines is 1. The number of ether oxygens (including phenoxy) is 2. The summed E-state index contributed by atoms with van der Waals surface area (Å²) in [5, 5.41) is 19.7. The van der Waals surface area contributed by atoms with Gasteiger partial charge in [0.1, 0.15) is 28.6 Å². The Morgan fingerprint density at radius 2 is 2.17 bits per heavy atom. The van der Waals surface area contributed by atoms with Gasteiger partial charge in [-0.1, -0.05) is 0 Å². The predicted octanol–water partition coefficient (Wildman–Crippen LogP) is 0.844. The van der Waals surface area contributed by atoms with E-state index in [2.05, 4.69) is 4.74 Å². The van der Waals surface area contributed by atoms with Gasteiger partial charge in [0.2, 0.25) is 0 Å². The van der Waals surface area contributed by atoms with Gasteiger partial charge in [-0.15, -0.1) is 0 Å². The highest BCUT2D eigenvalue weighted by Gasteiger charge is 2.29. The summed E-state index contributed by atoms with van der Waals surface area (Å²) in [5.74, 6) is -0.932. The van der Waals surface area contributed by atoms with Gasteiger partial charge in [-0.3, -0.25) is 10.1 Å². The van der Waals surface area contributed by atoms with Gasteiger partial charge in [0.25, 0.3) is 0 Å². The average Bonchev–Trinajstić information content (AvgIpc) is 2.35. The lowest BCUT2D eigenvalue weighted by atomic mass is 10.1. The quantitative estimate of drug-likeness (QED) is 0.364. The fourth-order valence-electron chi connectivity index (χ4n) is 1.42. The van der Waals surface area contributed by atoms with Gasteiger partial charge in [-0.2, -0.15) is 5.26 Å². The molecule has 2 N–H and O–H groups in total. The fourth-order valence-corrected chi connectivity index (χ4v) is 1.42. The topological polar surface area (TPSA) is 128 Å². The zero-order valence-electron chi connectivity index (χ0n) is 9.59. The van der Waals surface area contributed by atoms with Crippen LogP contribution in [-0.4, -0.2) is 25.1 Å². The fraction of sp³-hybridized carbons (Fsp3) is 0.200.